The van der Waals surface area contributed by atoms with Crippen molar-refractivity contribution in [2.24, 2.45) is 0 Å². The van der Waals surface area contributed by atoms with E-state index < -0.39 is 11.7 Å². The third kappa shape index (κ3) is 4.23. The van der Waals surface area contributed by atoms with Crippen molar-refractivity contribution >= 4 is 17.7 Å². The molecule has 0 unspecified atom stereocenters. The molecule has 0 aliphatic carbocycles. The van der Waals surface area contributed by atoms with E-state index in [1.807, 2.05) is 4.90 Å². The van der Waals surface area contributed by atoms with Gasteiger partial charge in [0.1, 0.15) is 5.76 Å². The molecular weight excluding hydrogens is 333 g/mol. The van der Waals surface area contributed by atoms with Crippen LogP contribution in [-0.2, 0) is 11.0 Å². The van der Waals surface area contributed by atoms with Crippen LogP contribution in [0.5, 0.6) is 0 Å². The van der Waals surface area contributed by atoms with Crippen LogP contribution in [0.1, 0.15) is 11.3 Å². The van der Waals surface area contributed by atoms with E-state index in [9.17, 15) is 18.0 Å². The lowest BCUT2D eigenvalue weighted by atomic mass is 10.1. The predicted octanol–water partition coefficient (Wildman–Crippen LogP) is 3.66. The average molecular weight is 350 g/mol. The van der Waals surface area contributed by atoms with E-state index in [4.69, 9.17) is 4.42 Å². The Labute approximate surface area is 143 Å². The number of carbonyl (C=O) groups is 1. The van der Waals surface area contributed by atoms with Crippen molar-refractivity contribution in [3.63, 3.8) is 0 Å². The molecule has 0 atom stereocenters. The molecule has 0 saturated carbocycles. The summed E-state index contributed by atoms with van der Waals surface area (Å²) in [5, 5.41) is 0. The summed E-state index contributed by atoms with van der Waals surface area (Å²) in [6, 6.07) is 8.75. The molecule has 132 valence electrons. The minimum absolute atomic E-state index is 0.139. The van der Waals surface area contributed by atoms with Gasteiger partial charge in [-0.05, 0) is 36.4 Å². The SMILES string of the molecule is O=C(/C=C/c1ccco1)N1CCN(c2cccc(C(F)(F)F)c2)CC1. The summed E-state index contributed by atoms with van der Waals surface area (Å²) >= 11 is 0. The molecular formula is C18H17F3N2O2. The quantitative estimate of drug-likeness (QED) is 0.793. The monoisotopic (exact) mass is 350 g/mol. The molecule has 1 aromatic heterocycles. The highest BCUT2D eigenvalue weighted by Crippen LogP contribution is 2.31. The predicted molar refractivity (Wildman–Crippen MR) is 88.0 cm³/mol. The van der Waals surface area contributed by atoms with E-state index in [1.54, 1.807) is 29.2 Å². The maximum atomic E-state index is 12.8. The number of hydrogen-bond acceptors (Lipinski definition) is 3. The van der Waals surface area contributed by atoms with Gasteiger partial charge in [0.05, 0.1) is 11.8 Å². The van der Waals surface area contributed by atoms with Gasteiger partial charge in [-0.25, -0.2) is 0 Å². The first-order valence-electron chi connectivity index (χ1n) is 7.86. The molecule has 0 radical (unpaired) electrons. The summed E-state index contributed by atoms with van der Waals surface area (Å²) < 4.78 is 43.6. The van der Waals surface area contributed by atoms with Crippen molar-refractivity contribution in [2.75, 3.05) is 31.1 Å². The lowest BCUT2D eigenvalue weighted by Gasteiger charge is -2.35. The molecule has 0 spiro atoms. The van der Waals surface area contributed by atoms with E-state index in [0.717, 1.165) is 12.1 Å². The fraction of sp³-hybridized carbons (Fsp3) is 0.278. The zero-order chi connectivity index (χ0) is 17.9. The number of hydrogen-bond donors (Lipinski definition) is 0. The average Bonchev–Trinajstić information content (AvgIpc) is 3.13. The van der Waals surface area contributed by atoms with Crippen molar-refractivity contribution in [1.82, 2.24) is 4.90 Å². The lowest BCUT2D eigenvalue weighted by molar-refractivity contribution is -0.137. The third-order valence-electron chi connectivity index (χ3n) is 4.06. The van der Waals surface area contributed by atoms with Crippen LogP contribution in [0.25, 0.3) is 6.08 Å². The van der Waals surface area contributed by atoms with Gasteiger partial charge in [0.2, 0.25) is 5.91 Å². The molecule has 4 nitrogen and oxygen atoms in total. The summed E-state index contributed by atoms with van der Waals surface area (Å²) in [4.78, 5) is 15.7. The van der Waals surface area contributed by atoms with Gasteiger partial charge in [0.15, 0.2) is 0 Å². The smallest absolute Gasteiger partial charge is 0.416 e. The van der Waals surface area contributed by atoms with E-state index in [1.165, 1.54) is 18.4 Å². The fourth-order valence-electron chi connectivity index (χ4n) is 2.71. The number of anilines is 1. The number of benzene rings is 1. The minimum Gasteiger partial charge on any atom is -0.465 e. The van der Waals surface area contributed by atoms with Crippen LogP contribution in [0.4, 0.5) is 18.9 Å². The Hall–Kier alpha value is -2.70. The fourth-order valence-corrected chi connectivity index (χ4v) is 2.71. The molecule has 1 fully saturated rings. The number of rotatable bonds is 3. The maximum absolute atomic E-state index is 12.8. The molecule has 2 heterocycles. The van der Waals surface area contributed by atoms with Crippen molar-refractivity contribution in [3.8, 4) is 0 Å². The molecule has 7 heteroatoms. The molecule has 1 saturated heterocycles. The van der Waals surface area contributed by atoms with Crippen LogP contribution in [0.3, 0.4) is 0 Å². The van der Waals surface area contributed by atoms with Gasteiger partial charge in [0.25, 0.3) is 0 Å². The third-order valence-corrected chi connectivity index (χ3v) is 4.06. The Balaban J connectivity index is 1.59. The second-order valence-electron chi connectivity index (χ2n) is 5.71. The molecule has 1 aromatic carbocycles. The van der Waals surface area contributed by atoms with Gasteiger partial charge in [-0.1, -0.05) is 6.07 Å². The Morgan fingerprint density at radius 2 is 1.84 bits per heavy atom. The summed E-state index contributed by atoms with van der Waals surface area (Å²) in [5.74, 6) is 0.455. The second-order valence-corrected chi connectivity index (χ2v) is 5.71. The van der Waals surface area contributed by atoms with Gasteiger partial charge < -0.3 is 14.2 Å². The molecule has 1 amide bonds. The molecule has 1 aliphatic heterocycles. The van der Waals surface area contributed by atoms with Crippen LogP contribution >= 0.6 is 0 Å². The number of nitrogens with zero attached hydrogens (tertiary/aromatic N) is 2. The highest BCUT2D eigenvalue weighted by molar-refractivity contribution is 5.91. The van der Waals surface area contributed by atoms with Crippen LogP contribution in [0.2, 0.25) is 0 Å². The van der Waals surface area contributed by atoms with Crippen molar-refractivity contribution in [2.45, 2.75) is 6.18 Å². The number of carbonyl (C=O) groups excluding carboxylic acids is 1. The summed E-state index contributed by atoms with van der Waals surface area (Å²) in [6.07, 6.45) is 0.211. The van der Waals surface area contributed by atoms with Crippen LogP contribution < -0.4 is 4.90 Å². The highest BCUT2D eigenvalue weighted by Gasteiger charge is 2.31. The standard InChI is InChI=1S/C18H17F3N2O2/c19-18(20,21)14-3-1-4-15(13-14)22-8-10-23(11-9-22)17(24)7-6-16-5-2-12-25-16/h1-7,12-13H,8-11H2/b7-6+. The molecule has 1 aliphatic rings. The number of furan rings is 1. The van der Waals surface area contributed by atoms with E-state index in [0.29, 0.717) is 37.6 Å². The van der Waals surface area contributed by atoms with Gasteiger partial charge in [-0.15, -0.1) is 0 Å². The van der Waals surface area contributed by atoms with E-state index >= 15 is 0 Å². The highest BCUT2D eigenvalue weighted by atomic mass is 19.4. The first-order valence-corrected chi connectivity index (χ1v) is 7.86. The Bertz CT molecular complexity index is 746. The normalized spacial score (nSPS) is 15.8. The van der Waals surface area contributed by atoms with Crippen LogP contribution in [-0.4, -0.2) is 37.0 Å². The molecule has 25 heavy (non-hydrogen) atoms. The number of alkyl halides is 3. The Kier molecular flexibility index (Phi) is 4.83. The Morgan fingerprint density at radius 3 is 2.48 bits per heavy atom. The van der Waals surface area contributed by atoms with Crippen LogP contribution in [0.15, 0.2) is 53.2 Å². The van der Waals surface area contributed by atoms with Crippen molar-refractivity contribution in [1.29, 1.82) is 0 Å². The van der Waals surface area contributed by atoms with Crippen molar-refractivity contribution in [3.05, 3.63) is 60.1 Å². The summed E-state index contributed by atoms with van der Waals surface area (Å²) in [7, 11) is 0. The summed E-state index contributed by atoms with van der Waals surface area (Å²) in [5.41, 5.74) is -0.141. The maximum Gasteiger partial charge on any atom is 0.416 e. The van der Waals surface area contributed by atoms with Crippen molar-refractivity contribution < 1.29 is 22.4 Å². The van der Waals surface area contributed by atoms with Gasteiger partial charge in [-0.2, -0.15) is 13.2 Å². The number of piperazine rings is 1. The second kappa shape index (κ2) is 7.04. The first-order chi connectivity index (χ1) is 11.9. The van der Waals surface area contributed by atoms with Gasteiger partial charge >= 0.3 is 6.18 Å². The van der Waals surface area contributed by atoms with E-state index in [2.05, 4.69) is 0 Å². The largest absolute Gasteiger partial charge is 0.465 e. The summed E-state index contributed by atoms with van der Waals surface area (Å²) in [6.45, 7) is 1.89. The molecule has 0 N–H and O–H groups in total. The number of amides is 1. The van der Waals surface area contributed by atoms with Crippen LogP contribution in [0, 0.1) is 0 Å². The molecule has 3 rings (SSSR count). The topological polar surface area (TPSA) is 36.7 Å². The molecule has 0 bridgehead atoms. The lowest BCUT2D eigenvalue weighted by Crippen LogP contribution is -2.48. The number of halogens is 3. The molecule has 2 aromatic rings. The zero-order valence-corrected chi connectivity index (χ0v) is 13.4. The Morgan fingerprint density at radius 1 is 1.08 bits per heavy atom. The first kappa shape index (κ1) is 17.1. The van der Waals surface area contributed by atoms with Gasteiger partial charge in [0, 0.05) is 37.9 Å². The zero-order valence-electron chi connectivity index (χ0n) is 13.4. The minimum atomic E-state index is -4.36. The van der Waals surface area contributed by atoms with E-state index in [-0.39, 0.29) is 5.91 Å². The van der Waals surface area contributed by atoms with Gasteiger partial charge in [-0.3, -0.25) is 4.79 Å².